The molecule has 0 radical (unpaired) electrons. The summed E-state index contributed by atoms with van der Waals surface area (Å²) >= 11 is 0. The Morgan fingerprint density at radius 1 is 1.00 bits per heavy atom. The number of rotatable bonds is 4. The Morgan fingerprint density at radius 3 is 2.20 bits per heavy atom. The summed E-state index contributed by atoms with van der Waals surface area (Å²) in [6.07, 6.45) is -0.777. The topological polar surface area (TPSA) is 51.6 Å². The van der Waals surface area contributed by atoms with Crippen LogP contribution in [0.4, 0.5) is 0 Å². The first-order valence-corrected chi connectivity index (χ1v) is 6.40. The molecule has 106 valence electrons. The molecule has 0 spiro atoms. The zero-order chi connectivity index (χ0) is 14.7. The van der Waals surface area contributed by atoms with Gasteiger partial charge in [0.25, 0.3) is 0 Å². The molecule has 0 saturated heterocycles. The van der Waals surface area contributed by atoms with Gasteiger partial charge in [-0.25, -0.2) is 0 Å². The SMILES string of the molecule is COc1ccc(OC)c(C(O)c2cc(C)nc(C)c2)c1. The lowest BCUT2D eigenvalue weighted by Gasteiger charge is -2.17. The van der Waals surface area contributed by atoms with E-state index in [1.807, 2.05) is 26.0 Å². The van der Waals surface area contributed by atoms with E-state index >= 15 is 0 Å². The fraction of sp³-hybridized carbons (Fsp3) is 0.312. The standard InChI is InChI=1S/C16H19NO3/c1-10-7-12(8-11(2)17-10)16(18)14-9-13(19-3)5-6-15(14)20-4/h5-9,16,18H,1-4H3. The smallest absolute Gasteiger partial charge is 0.125 e. The van der Waals surface area contributed by atoms with Crippen molar-refractivity contribution in [3.8, 4) is 11.5 Å². The van der Waals surface area contributed by atoms with Crippen LogP contribution in [0.15, 0.2) is 30.3 Å². The number of methoxy groups -OCH3 is 2. The van der Waals surface area contributed by atoms with Crippen LogP contribution >= 0.6 is 0 Å². The van der Waals surface area contributed by atoms with Crippen LogP contribution in [0.25, 0.3) is 0 Å². The van der Waals surface area contributed by atoms with Crippen LogP contribution in [0.1, 0.15) is 28.6 Å². The monoisotopic (exact) mass is 273 g/mol. The largest absolute Gasteiger partial charge is 0.497 e. The van der Waals surface area contributed by atoms with Crippen LogP contribution in [0.2, 0.25) is 0 Å². The maximum atomic E-state index is 10.6. The predicted octanol–water partition coefficient (Wildman–Crippen LogP) is 2.80. The van der Waals surface area contributed by atoms with Crippen molar-refractivity contribution in [3.63, 3.8) is 0 Å². The van der Waals surface area contributed by atoms with Gasteiger partial charge < -0.3 is 14.6 Å². The molecule has 1 atom stereocenters. The van der Waals surface area contributed by atoms with Crippen molar-refractivity contribution in [1.82, 2.24) is 4.98 Å². The van der Waals surface area contributed by atoms with E-state index in [9.17, 15) is 5.11 Å². The number of ether oxygens (including phenoxy) is 2. The molecular formula is C16H19NO3. The minimum Gasteiger partial charge on any atom is -0.497 e. The van der Waals surface area contributed by atoms with E-state index in [0.29, 0.717) is 17.1 Å². The number of aromatic nitrogens is 1. The van der Waals surface area contributed by atoms with E-state index < -0.39 is 6.10 Å². The van der Waals surface area contributed by atoms with Crippen LogP contribution < -0.4 is 9.47 Å². The van der Waals surface area contributed by atoms with Crippen LogP contribution in [0.3, 0.4) is 0 Å². The number of hydrogen-bond donors (Lipinski definition) is 1. The van der Waals surface area contributed by atoms with Gasteiger partial charge in [0.2, 0.25) is 0 Å². The van der Waals surface area contributed by atoms with Crippen LogP contribution in [-0.2, 0) is 0 Å². The Hall–Kier alpha value is -2.07. The molecule has 1 aromatic carbocycles. The molecular weight excluding hydrogens is 254 g/mol. The van der Waals surface area contributed by atoms with E-state index in [0.717, 1.165) is 17.0 Å². The molecule has 0 aliphatic heterocycles. The van der Waals surface area contributed by atoms with Gasteiger partial charge in [-0.05, 0) is 49.7 Å². The highest BCUT2D eigenvalue weighted by Gasteiger charge is 2.17. The molecule has 0 saturated carbocycles. The number of aliphatic hydroxyl groups is 1. The molecule has 1 N–H and O–H groups in total. The van der Waals surface area contributed by atoms with Crippen LogP contribution in [-0.4, -0.2) is 24.3 Å². The molecule has 4 heteroatoms. The molecule has 0 aliphatic carbocycles. The van der Waals surface area contributed by atoms with Gasteiger partial charge in [-0.15, -0.1) is 0 Å². The van der Waals surface area contributed by atoms with Gasteiger partial charge in [0, 0.05) is 17.0 Å². The summed E-state index contributed by atoms with van der Waals surface area (Å²) in [5, 5.41) is 10.6. The average molecular weight is 273 g/mol. The van der Waals surface area contributed by atoms with Crippen LogP contribution in [0, 0.1) is 13.8 Å². The Bertz CT molecular complexity index is 590. The molecule has 0 amide bonds. The predicted molar refractivity (Wildman–Crippen MR) is 77.3 cm³/mol. The van der Waals surface area contributed by atoms with Gasteiger partial charge in [-0.2, -0.15) is 0 Å². The minimum atomic E-state index is -0.777. The summed E-state index contributed by atoms with van der Waals surface area (Å²) in [5.74, 6) is 1.31. The summed E-state index contributed by atoms with van der Waals surface area (Å²) in [5.41, 5.74) is 3.22. The molecule has 1 aromatic heterocycles. The summed E-state index contributed by atoms with van der Waals surface area (Å²) in [7, 11) is 3.18. The molecule has 1 heterocycles. The zero-order valence-corrected chi connectivity index (χ0v) is 12.2. The Labute approximate surface area is 119 Å². The summed E-state index contributed by atoms with van der Waals surface area (Å²) in [6.45, 7) is 3.82. The highest BCUT2D eigenvalue weighted by atomic mass is 16.5. The molecule has 0 bridgehead atoms. The first kappa shape index (κ1) is 14.3. The number of aliphatic hydroxyl groups excluding tert-OH is 1. The molecule has 4 nitrogen and oxygen atoms in total. The van der Waals surface area contributed by atoms with E-state index in [1.165, 1.54) is 0 Å². The van der Waals surface area contributed by atoms with Crippen molar-refractivity contribution in [2.75, 3.05) is 14.2 Å². The summed E-state index contributed by atoms with van der Waals surface area (Å²) in [6, 6.07) is 9.12. The number of aryl methyl sites for hydroxylation is 2. The molecule has 0 aliphatic rings. The minimum absolute atomic E-state index is 0.630. The number of benzene rings is 1. The van der Waals surface area contributed by atoms with Gasteiger partial charge in [-0.3, -0.25) is 4.98 Å². The van der Waals surface area contributed by atoms with Crippen molar-refractivity contribution in [2.45, 2.75) is 20.0 Å². The first-order valence-electron chi connectivity index (χ1n) is 6.40. The second-order valence-electron chi connectivity index (χ2n) is 4.69. The zero-order valence-electron chi connectivity index (χ0n) is 12.2. The Balaban J connectivity index is 2.48. The molecule has 2 rings (SSSR count). The van der Waals surface area contributed by atoms with Gasteiger partial charge in [0.05, 0.1) is 14.2 Å². The number of nitrogens with zero attached hydrogens (tertiary/aromatic N) is 1. The van der Waals surface area contributed by atoms with E-state index in [2.05, 4.69) is 4.98 Å². The van der Waals surface area contributed by atoms with E-state index in [-0.39, 0.29) is 0 Å². The molecule has 0 fully saturated rings. The fourth-order valence-corrected chi connectivity index (χ4v) is 2.26. The van der Waals surface area contributed by atoms with Gasteiger partial charge in [0.15, 0.2) is 0 Å². The second-order valence-corrected chi connectivity index (χ2v) is 4.69. The van der Waals surface area contributed by atoms with Gasteiger partial charge in [0.1, 0.15) is 17.6 Å². The third-order valence-corrected chi connectivity index (χ3v) is 3.15. The quantitative estimate of drug-likeness (QED) is 0.930. The highest BCUT2D eigenvalue weighted by molar-refractivity contribution is 5.45. The Kier molecular flexibility index (Phi) is 4.25. The Morgan fingerprint density at radius 2 is 1.65 bits per heavy atom. The highest BCUT2D eigenvalue weighted by Crippen LogP contribution is 2.33. The lowest BCUT2D eigenvalue weighted by molar-refractivity contribution is 0.214. The van der Waals surface area contributed by atoms with Crippen molar-refractivity contribution in [1.29, 1.82) is 0 Å². The van der Waals surface area contributed by atoms with Crippen molar-refractivity contribution < 1.29 is 14.6 Å². The van der Waals surface area contributed by atoms with Gasteiger partial charge in [-0.1, -0.05) is 0 Å². The summed E-state index contributed by atoms with van der Waals surface area (Å²) in [4.78, 5) is 4.32. The molecule has 2 aromatic rings. The number of pyridine rings is 1. The van der Waals surface area contributed by atoms with Crippen LogP contribution in [0.5, 0.6) is 11.5 Å². The third-order valence-electron chi connectivity index (χ3n) is 3.15. The van der Waals surface area contributed by atoms with E-state index in [1.54, 1.807) is 32.4 Å². The van der Waals surface area contributed by atoms with Crippen molar-refractivity contribution in [2.24, 2.45) is 0 Å². The maximum Gasteiger partial charge on any atom is 0.125 e. The van der Waals surface area contributed by atoms with E-state index in [4.69, 9.17) is 9.47 Å². The average Bonchev–Trinajstić information content (AvgIpc) is 2.44. The third kappa shape index (κ3) is 2.91. The lowest BCUT2D eigenvalue weighted by atomic mass is 10.00. The first-order chi connectivity index (χ1) is 9.55. The molecule has 1 unspecified atom stereocenters. The van der Waals surface area contributed by atoms with Gasteiger partial charge >= 0.3 is 0 Å². The fourth-order valence-electron chi connectivity index (χ4n) is 2.26. The molecule has 20 heavy (non-hydrogen) atoms. The maximum absolute atomic E-state index is 10.6. The lowest BCUT2D eigenvalue weighted by Crippen LogP contribution is -2.04. The van der Waals surface area contributed by atoms with Crippen molar-refractivity contribution >= 4 is 0 Å². The normalized spacial score (nSPS) is 12.1. The van der Waals surface area contributed by atoms with Crippen molar-refractivity contribution in [3.05, 3.63) is 52.8 Å². The second kappa shape index (κ2) is 5.92. The summed E-state index contributed by atoms with van der Waals surface area (Å²) < 4.78 is 10.5. The number of hydrogen-bond acceptors (Lipinski definition) is 4.